The summed E-state index contributed by atoms with van der Waals surface area (Å²) in [5.41, 5.74) is 2.47. The van der Waals surface area contributed by atoms with Crippen LogP contribution in [-0.2, 0) is 4.79 Å². The molecule has 2 amide bonds. The zero-order valence-electron chi connectivity index (χ0n) is 18.5. The molecule has 0 saturated heterocycles. The van der Waals surface area contributed by atoms with E-state index in [1.807, 2.05) is 31.2 Å². The quantitative estimate of drug-likeness (QED) is 0.535. The lowest BCUT2D eigenvalue weighted by Crippen LogP contribution is -2.41. The summed E-state index contributed by atoms with van der Waals surface area (Å²) in [5, 5.41) is 5.88. The summed E-state index contributed by atoms with van der Waals surface area (Å²) in [6.45, 7) is 3.62. The first-order valence-corrected chi connectivity index (χ1v) is 10.6. The zero-order valence-corrected chi connectivity index (χ0v) is 19.3. The lowest BCUT2D eigenvalue weighted by molar-refractivity contribution is -0.117. The number of hydrogen-bond acceptors (Lipinski definition) is 7. The second kappa shape index (κ2) is 10.1. The molecule has 2 N–H and O–H groups in total. The smallest absolute Gasteiger partial charge is 0.252 e. The van der Waals surface area contributed by atoms with Gasteiger partial charge >= 0.3 is 0 Å². The van der Waals surface area contributed by atoms with Gasteiger partial charge in [0.15, 0.2) is 16.6 Å². The number of carbonyl (C=O) groups is 2. The van der Waals surface area contributed by atoms with E-state index < -0.39 is 11.9 Å². The summed E-state index contributed by atoms with van der Waals surface area (Å²) in [6.07, 6.45) is 1.71. The van der Waals surface area contributed by atoms with Gasteiger partial charge in [-0.05, 0) is 31.5 Å². The van der Waals surface area contributed by atoms with E-state index in [1.54, 1.807) is 13.1 Å². The van der Waals surface area contributed by atoms with Gasteiger partial charge in [0.1, 0.15) is 6.04 Å². The minimum atomic E-state index is -0.798. The molecule has 8 nitrogen and oxygen atoms in total. The highest BCUT2D eigenvalue weighted by atomic mass is 32.1. The van der Waals surface area contributed by atoms with Crippen LogP contribution in [0.2, 0.25) is 0 Å². The van der Waals surface area contributed by atoms with E-state index in [0.29, 0.717) is 22.4 Å². The molecule has 0 saturated carbocycles. The Balaban J connectivity index is 1.67. The van der Waals surface area contributed by atoms with Crippen molar-refractivity contribution in [3.8, 4) is 27.7 Å². The molecule has 1 aromatic heterocycles. The molecule has 0 fully saturated rings. The van der Waals surface area contributed by atoms with E-state index in [0.717, 1.165) is 10.4 Å². The van der Waals surface area contributed by atoms with Gasteiger partial charge in [-0.1, -0.05) is 41.2 Å². The Morgan fingerprint density at radius 2 is 1.62 bits per heavy atom. The molecule has 0 bridgehead atoms. The molecule has 1 unspecified atom stereocenters. The fraction of sp³-hybridized carbons (Fsp3) is 0.261. The summed E-state index contributed by atoms with van der Waals surface area (Å²) >= 11 is 1.36. The van der Waals surface area contributed by atoms with Crippen molar-refractivity contribution >= 4 is 28.3 Å². The van der Waals surface area contributed by atoms with Gasteiger partial charge in [-0.2, -0.15) is 0 Å². The summed E-state index contributed by atoms with van der Waals surface area (Å²) < 4.78 is 15.8. The van der Waals surface area contributed by atoms with Crippen molar-refractivity contribution < 1.29 is 23.8 Å². The van der Waals surface area contributed by atoms with Crippen LogP contribution in [0, 0.1) is 6.92 Å². The second-order valence-corrected chi connectivity index (χ2v) is 8.02. The van der Waals surface area contributed by atoms with Crippen molar-refractivity contribution in [2.45, 2.75) is 19.9 Å². The van der Waals surface area contributed by atoms with Crippen molar-refractivity contribution in [3.63, 3.8) is 0 Å². The number of aryl methyl sites for hydroxylation is 1. The van der Waals surface area contributed by atoms with Gasteiger partial charge in [-0.3, -0.25) is 9.59 Å². The van der Waals surface area contributed by atoms with Crippen LogP contribution in [0.5, 0.6) is 17.2 Å². The van der Waals surface area contributed by atoms with Crippen LogP contribution >= 0.6 is 11.3 Å². The van der Waals surface area contributed by atoms with Crippen molar-refractivity contribution in [1.29, 1.82) is 0 Å². The fourth-order valence-electron chi connectivity index (χ4n) is 2.95. The van der Waals surface area contributed by atoms with E-state index in [2.05, 4.69) is 15.6 Å². The maximum Gasteiger partial charge on any atom is 0.252 e. The summed E-state index contributed by atoms with van der Waals surface area (Å²) in [4.78, 5) is 30.5. The first-order valence-electron chi connectivity index (χ1n) is 9.80. The Bertz CT molecular complexity index is 1090. The highest BCUT2D eigenvalue weighted by molar-refractivity contribution is 7.19. The normalized spacial score (nSPS) is 11.4. The maximum atomic E-state index is 12.7. The highest BCUT2D eigenvalue weighted by Crippen LogP contribution is 2.38. The van der Waals surface area contributed by atoms with Crippen molar-refractivity contribution in [2.24, 2.45) is 0 Å². The van der Waals surface area contributed by atoms with Gasteiger partial charge in [0.25, 0.3) is 5.91 Å². The number of nitrogens with zero attached hydrogens (tertiary/aromatic N) is 1. The number of ether oxygens (including phenoxy) is 3. The third kappa shape index (κ3) is 5.17. The Labute approximate surface area is 190 Å². The molecule has 32 heavy (non-hydrogen) atoms. The van der Waals surface area contributed by atoms with E-state index >= 15 is 0 Å². The Morgan fingerprint density at radius 3 is 2.19 bits per heavy atom. The standard InChI is InChI=1S/C23H25N3O5S/c1-13-6-8-15(9-7-13)19-12-24-23(32-19)26-21(27)14(2)25-22(28)16-10-17(29-3)20(31-5)18(11-16)30-4/h6-12,14H,1-5H3,(H,25,28)(H,24,26,27). The minimum absolute atomic E-state index is 0.273. The molecular formula is C23H25N3O5S. The lowest BCUT2D eigenvalue weighted by atomic mass is 10.1. The van der Waals surface area contributed by atoms with Gasteiger partial charge < -0.3 is 24.8 Å². The molecule has 0 aliphatic carbocycles. The number of nitrogens with one attached hydrogen (secondary N) is 2. The largest absolute Gasteiger partial charge is 0.493 e. The molecule has 9 heteroatoms. The number of hydrogen-bond donors (Lipinski definition) is 2. The van der Waals surface area contributed by atoms with Gasteiger partial charge in [-0.25, -0.2) is 4.98 Å². The fourth-order valence-corrected chi connectivity index (χ4v) is 3.78. The van der Waals surface area contributed by atoms with Crippen molar-refractivity contribution in [2.75, 3.05) is 26.6 Å². The Kier molecular flexibility index (Phi) is 7.32. The third-order valence-electron chi connectivity index (χ3n) is 4.74. The minimum Gasteiger partial charge on any atom is -0.493 e. The molecule has 0 aliphatic rings. The van der Waals surface area contributed by atoms with Crippen molar-refractivity contribution in [1.82, 2.24) is 10.3 Å². The molecule has 3 rings (SSSR count). The summed E-state index contributed by atoms with van der Waals surface area (Å²) in [6, 6.07) is 10.3. The first kappa shape index (κ1) is 23.1. The molecule has 1 heterocycles. The van der Waals surface area contributed by atoms with Crippen LogP contribution in [0.15, 0.2) is 42.6 Å². The number of amides is 2. The van der Waals surface area contributed by atoms with E-state index in [4.69, 9.17) is 14.2 Å². The number of carbonyl (C=O) groups excluding carboxylic acids is 2. The van der Waals surface area contributed by atoms with E-state index in [1.165, 1.54) is 50.4 Å². The number of aromatic nitrogens is 1. The number of methoxy groups -OCH3 is 3. The number of anilines is 1. The van der Waals surface area contributed by atoms with E-state index in [9.17, 15) is 9.59 Å². The SMILES string of the molecule is COc1cc(C(=O)NC(C)C(=O)Nc2ncc(-c3ccc(C)cc3)s2)cc(OC)c1OC. The molecule has 168 valence electrons. The molecule has 1 atom stereocenters. The first-order chi connectivity index (χ1) is 15.4. The zero-order chi connectivity index (χ0) is 23.3. The predicted molar refractivity (Wildman–Crippen MR) is 124 cm³/mol. The van der Waals surface area contributed by atoms with Gasteiger partial charge in [-0.15, -0.1) is 0 Å². The van der Waals surface area contributed by atoms with Gasteiger partial charge in [0.05, 0.1) is 26.2 Å². The van der Waals surface area contributed by atoms with Crippen molar-refractivity contribution in [3.05, 3.63) is 53.7 Å². The van der Waals surface area contributed by atoms with E-state index in [-0.39, 0.29) is 11.5 Å². The van der Waals surface area contributed by atoms with Crippen LogP contribution < -0.4 is 24.8 Å². The lowest BCUT2D eigenvalue weighted by Gasteiger charge is -2.16. The average molecular weight is 456 g/mol. The summed E-state index contributed by atoms with van der Waals surface area (Å²) in [7, 11) is 4.41. The van der Waals surface area contributed by atoms with Crippen LogP contribution in [-0.4, -0.2) is 44.2 Å². The third-order valence-corrected chi connectivity index (χ3v) is 5.70. The average Bonchev–Trinajstić information content (AvgIpc) is 3.26. The van der Waals surface area contributed by atoms with Crippen LogP contribution in [0.4, 0.5) is 5.13 Å². The number of rotatable bonds is 8. The molecular weight excluding hydrogens is 430 g/mol. The van der Waals surface area contributed by atoms with Gasteiger partial charge in [0.2, 0.25) is 11.7 Å². The Hall–Kier alpha value is -3.59. The van der Waals surface area contributed by atoms with Crippen LogP contribution in [0.1, 0.15) is 22.8 Å². The molecule has 0 spiro atoms. The molecule has 3 aromatic rings. The van der Waals surface area contributed by atoms with Crippen LogP contribution in [0.25, 0.3) is 10.4 Å². The Morgan fingerprint density at radius 1 is 1.00 bits per heavy atom. The van der Waals surface area contributed by atoms with Crippen LogP contribution in [0.3, 0.4) is 0 Å². The van der Waals surface area contributed by atoms with Gasteiger partial charge in [0, 0.05) is 11.8 Å². The predicted octanol–water partition coefficient (Wildman–Crippen LogP) is 3.90. The second-order valence-electron chi connectivity index (χ2n) is 6.99. The molecule has 0 radical (unpaired) electrons. The maximum absolute atomic E-state index is 12.7. The highest BCUT2D eigenvalue weighted by Gasteiger charge is 2.21. The molecule has 0 aliphatic heterocycles. The number of benzene rings is 2. The summed E-state index contributed by atoms with van der Waals surface area (Å²) in [5.74, 6) is 0.244. The molecule has 2 aromatic carbocycles. The number of thiazole rings is 1. The monoisotopic (exact) mass is 455 g/mol. The topological polar surface area (TPSA) is 98.8 Å².